The topological polar surface area (TPSA) is 98.1 Å². The van der Waals surface area contributed by atoms with Gasteiger partial charge in [0.25, 0.3) is 5.91 Å². The van der Waals surface area contributed by atoms with Gasteiger partial charge in [-0.15, -0.1) is 10.2 Å². The van der Waals surface area contributed by atoms with Crippen LogP contribution >= 0.6 is 11.8 Å². The Morgan fingerprint density at radius 2 is 1.85 bits per heavy atom. The molecule has 2 N–H and O–H groups in total. The summed E-state index contributed by atoms with van der Waals surface area (Å²) in [4.78, 5) is 24.4. The quantitative estimate of drug-likeness (QED) is 0.424. The molecule has 0 radical (unpaired) electrons. The van der Waals surface area contributed by atoms with Crippen molar-refractivity contribution in [1.29, 1.82) is 0 Å². The molecule has 0 unspecified atom stereocenters. The fourth-order valence-electron chi connectivity index (χ4n) is 3.01. The summed E-state index contributed by atoms with van der Waals surface area (Å²) in [5.74, 6) is 0.739. The number of anilines is 1. The van der Waals surface area contributed by atoms with Crippen LogP contribution in [0.25, 0.3) is 0 Å². The van der Waals surface area contributed by atoms with Gasteiger partial charge in [0.05, 0.1) is 12.3 Å². The Labute approximate surface area is 202 Å². The monoisotopic (exact) mass is 485 g/mol. The van der Waals surface area contributed by atoms with Crippen LogP contribution in [0.5, 0.6) is 5.75 Å². The highest BCUT2D eigenvalue weighted by atomic mass is 32.2. The lowest BCUT2D eigenvalue weighted by Crippen LogP contribution is -2.29. The molecule has 2 aromatic carbocycles. The number of halogens is 1. The van der Waals surface area contributed by atoms with Gasteiger partial charge >= 0.3 is 0 Å². The molecular formula is C24H28FN5O3S. The maximum Gasteiger partial charge on any atom is 0.258 e. The summed E-state index contributed by atoms with van der Waals surface area (Å²) in [6, 6.07) is 12.2. The zero-order chi connectivity index (χ0) is 24.7. The van der Waals surface area contributed by atoms with Gasteiger partial charge in [-0.05, 0) is 42.7 Å². The Morgan fingerprint density at radius 1 is 1.12 bits per heavy atom. The Balaban J connectivity index is 1.44. The molecule has 1 heterocycles. The molecule has 0 aliphatic rings. The first-order valence-corrected chi connectivity index (χ1v) is 11.8. The molecule has 0 fully saturated rings. The Kier molecular flexibility index (Phi) is 8.64. The number of benzene rings is 2. The van der Waals surface area contributed by atoms with Crippen LogP contribution in [0.1, 0.15) is 36.7 Å². The molecule has 0 atom stereocenters. The van der Waals surface area contributed by atoms with Crippen LogP contribution in [0.15, 0.2) is 47.6 Å². The number of nitrogens with one attached hydrogen (secondary N) is 2. The maximum atomic E-state index is 13.6. The van der Waals surface area contributed by atoms with Crippen LogP contribution in [0.2, 0.25) is 0 Å². The summed E-state index contributed by atoms with van der Waals surface area (Å²) < 4.78 is 20.9. The average Bonchev–Trinajstić information content (AvgIpc) is 3.17. The molecule has 0 aliphatic carbocycles. The van der Waals surface area contributed by atoms with Crippen molar-refractivity contribution in [3.8, 4) is 5.75 Å². The third kappa shape index (κ3) is 6.80. The van der Waals surface area contributed by atoms with E-state index >= 15 is 0 Å². The SMILES string of the molecule is Cc1c(F)cccc1NC(=O)CSc1nnc(CNC(=O)COc2ccc(C(C)C)cc2)n1C. The van der Waals surface area contributed by atoms with Gasteiger partial charge in [0.15, 0.2) is 17.6 Å². The van der Waals surface area contributed by atoms with Gasteiger partial charge in [-0.2, -0.15) is 0 Å². The second-order valence-corrected chi connectivity index (χ2v) is 8.94. The van der Waals surface area contributed by atoms with Gasteiger partial charge in [-0.1, -0.05) is 43.8 Å². The molecule has 0 aliphatic heterocycles. The molecule has 1 aromatic heterocycles. The number of hydrogen-bond donors (Lipinski definition) is 2. The zero-order valence-electron chi connectivity index (χ0n) is 19.6. The molecule has 2 amide bonds. The van der Waals surface area contributed by atoms with Crippen molar-refractivity contribution < 1.29 is 18.7 Å². The van der Waals surface area contributed by atoms with Crippen LogP contribution in [-0.2, 0) is 23.2 Å². The first kappa shape index (κ1) is 25.2. The molecule has 0 saturated heterocycles. The third-order valence-corrected chi connectivity index (χ3v) is 6.18. The standard InChI is InChI=1S/C24H28FN5O3S/c1-15(2)17-8-10-18(11-9-17)33-13-22(31)26-12-21-28-29-24(30(21)4)34-14-23(32)27-20-7-5-6-19(25)16(20)3/h5-11,15H,12-14H2,1-4H3,(H,26,31)(H,27,32). The summed E-state index contributed by atoms with van der Waals surface area (Å²) in [5.41, 5.74) is 2.02. The van der Waals surface area contributed by atoms with Crippen molar-refractivity contribution in [2.75, 3.05) is 17.7 Å². The first-order chi connectivity index (χ1) is 16.2. The number of nitrogens with zero attached hydrogens (tertiary/aromatic N) is 3. The van der Waals surface area contributed by atoms with Crippen LogP contribution in [0, 0.1) is 12.7 Å². The molecule has 34 heavy (non-hydrogen) atoms. The van der Waals surface area contributed by atoms with Crippen molar-refractivity contribution in [2.45, 2.75) is 38.4 Å². The number of hydrogen-bond acceptors (Lipinski definition) is 6. The average molecular weight is 486 g/mol. The van der Waals surface area contributed by atoms with Crippen molar-refractivity contribution in [1.82, 2.24) is 20.1 Å². The molecule has 10 heteroatoms. The molecule has 0 spiro atoms. The van der Waals surface area contributed by atoms with Crippen LogP contribution in [0.3, 0.4) is 0 Å². The van der Waals surface area contributed by atoms with E-state index in [0.29, 0.717) is 33.9 Å². The lowest BCUT2D eigenvalue weighted by Gasteiger charge is -2.10. The van der Waals surface area contributed by atoms with Crippen LogP contribution in [0.4, 0.5) is 10.1 Å². The summed E-state index contributed by atoms with van der Waals surface area (Å²) in [6.07, 6.45) is 0. The van der Waals surface area contributed by atoms with E-state index in [1.807, 2.05) is 24.3 Å². The Hall–Kier alpha value is -3.40. The molecule has 3 aromatic rings. The largest absolute Gasteiger partial charge is 0.484 e. The van der Waals surface area contributed by atoms with E-state index in [9.17, 15) is 14.0 Å². The Morgan fingerprint density at radius 3 is 2.56 bits per heavy atom. The third-order valence-electron chi connectivity index (χ3n) is 5.16. The minimum Gasteiger partial charge on any atom is -0.484 e. The van der Waals surface area contributed by atoms with Gasteiger partial charge < -0.3 is 19.9 Å². The van der Waals surface area contributed by atoms with Gasteiger partial charge in [0.2, 0.25) is 5.91 Å². The lowest BCUT2D eigenvalue weighted by molar-refractivity contribution is -0.123. The highest BCUT2D eigenvalue weighted by molar-refractivity contribution is 7.99. The van der Waals surface area contributed by atoms with E-state index in [2.05, 4.69) is 34.7 Å². The van der Waals surface area contributed by atoms with E-state index in [4.69, 9.17) is 4.74 Å². The van der Waals surface area contributed by atoms with Crippen molar-refractivity contribution in [3.63, 3.8) is 0 Å². The van der Waals surface area contributed by atoms with Gasteiger partial charge in [-0.25, -0.2) is 4.39 Å². The second-order valence-electron chi connectivity index (χ2n) is 8.00. The maximum absolute atomic E-state index is 13.6. The molecule has 0 bridgehead atoms. The second kappa shape index (κ2) is 11.6. The molecule has 0 saturated carbocycles. The van der Waals surface area contributed by atoms with Crippen LogP contribution < -0.4 is 15.4 Å². The number of carbonyl (C=O) groups is 2. The lowest BCUT2D eigenvalue weighted by atomic mass is 10.0. The van der Waals surface area contributed by atoms with E-state index in [1.165, 1.54) is 23.4 Å². The van der Waals surface area contributed by atoms with E-state index in [0.717, 1.165) is 0 Å². The normalized spacial score (nSPS) is 10.9. The number of ether oxygens (including phenoxy) is 1. The number of amides is 2. The minimum absolute atomic E-state index is 0.0811. The van der Waals surface area contributed by atoms with Crippen molar-refractivity contribution in [3.05, 3.63) is 65.2 Å². The number of aromatic nitrogens is 3. The Bertz CT molecular complexity index is 1150. The smallest absolute Gasteiger partial charge is 0.258 e. The van der Waals surface area contributed by atoms with E-state index < -0.39 is 0 Å². The fraction of sp³-hybridized carbons (Fsp3) is 0.333. The van der Waals surface area contributed by atoms with Gasteiger partial charge in [0.1, 0.15) is 11.6 Å². The predicted octanol–water partition coefficient (Wildman–Crippen LogP) is 3.81. The summed E-state index contributed by atoms with van der Waals surface area (Å²) in [5, 5.41) is 14.1. The van der Waals surface area contributed by atoms with Crippen molar-refractivity contribution >= 4 is 29.3 Å². The van der Waals surface area contributed by atoms with Crippen LogP contribution in [-0.4, -0.2) is 38.9 Å². The van der Waals surface area contributed by atoms with Crippen molar-refractivity contribution in [2.24, 2.45) is 7.05 Å². The molecule has 8 nitrogen and oxygen atoms in total. The minimum atomic E-state index is -0.375. The first-order valence-electron chi connectivity index (χ1n) is 10.8. The highest BCUT2D eigenvalue weighted by Crippen LogP contribution is 2.20. The predicted molar refractivity (Wildman–Crippen MR) is 129 cm³/mol. The highest BCUT2D eigenvalue weighted by Gasteiger charge is 2.14. The molecule has 3 rings (SSSR count). The van der Waals surface area contributed by atoms with Gasteiger partial charge in [0, 0.05) is 18.3 Å². The summed E-state index contributed by atoms with van der Waals surface area (Å²) in [6.45, 7) is 5.90. The van der Waals surface area contributed by atoms with E-state index in [1.54, 1.807) is 30.7 Å². The number of thioether (sulfide) groups is 1. The zero-order valence-corrected chi connectivity index (χ0v) is 20.4. The summed E-state index contributed by atoms with van der Waals surface area (Å²) >= 11 is 1.20. The molecule has 180 valence electrons. The molecular weight excluding hydrogens is 457 g/mol. The van der Waals surface area contributed by atoms with E-state index in [-0.39, 0.29) is 36.5 Å². The van der Waals surface area contributed by atoms with Gasteiger partial charge in [-0.3, -0.25) is 9.59 Å². The number of rotatable bonds is 10. The fourth-order valence-corrected chi connectivity index (χ4v) is 3.74. The summed E-state index contributed by atoms with van der Waals surface area (Å²) in [7, 11) is 1.76. The number of carbonyl (C=O) groups excluding carboxylic acids is 2.